The normalized spacial score (nSPS) is 18.0. The lowest BCUT2D eigenvalue weighted by Crippen LogP contribution is -2.53. The molecule has 1 aliphatic heterocycles. The molecule has 1 saturated heterocycles. The molecule has 112 valence electrons. The molecular weight excluding hydrogens is 284 g/mol. The third-order valence-electron chi connectivity index (χ3n) is 3.75. The fraction of sp³-hybridized carbons (Fsp3) is 0.438. The topological polar surface area (TPSA) is 45.6 Å². The Hall–Kier alpha value is -1.43. The standard InChI is InChI=1S/C16H20N2O2S/c1-16(2)11-20-9-8-18(16)15-17-14(13(10-19)21-15)12-6-4-3-5-7-12/h3-7,19H,8-11H2,1-2H3. The number of aliphatic hydroxyl groups excluding tert-OH is 1. The van der Waals surface area contributed by atoms with Crippen LogP contribution in [-0.2, 0) is 11.3 Å². The molecule has 4 nitrogen and oxygen atoms in total. The lowest BCUT2D eigenvalue weighted by molar-refractivity contribution is 0.0644. The van der Waals surface area contributed by atoms with Gasteiger partial charge in [-0.15, -0.1) is 0 Å². The summed E-state index contributed by atoms with van der Waals surface area (Å²) in [6.45, 7) is 6.59. The van der Waals surface area contributed by atoms with Crippen LogP contribution >= 0.6 is 11.3 Å². The van der Waals surface area contributed by atoms with Crippen LogP contribution in [0.1, 0.15) is 18.7 Å². The molecule has 1 N–H and O–H groups in total. The van der Waals surface area contributed by atoms with E-state index >= 15 is 0 Å². The van der Waals surface area contributed by atoms with Crippen LogP contribution in [0.2, 0.25) is 0 Å². The molecule has 0 unspecified atom stereocenters. The van der Waals surface area contributed by atoms with E-state index < -0.39 is 0 Å². The molecule has 1 aliphatic rings. The average Bonchev–Trinajstić information content (AvgIpc) is 2.91. The number of thiazole rings is 1. The van der Waals surface area contributed by atoms with Crippen LogP contribution in [0.25, 0.3) is 11.3 Å². The van der Waals surface area contributed by atoms with Crippen molar-refractivity contribution < 1.29 is 9.84 Å². The van der Waals surface area contributed by atoms with Crippen LogP contribution in [0, 0.1) is 0 Å². The predicted molar refractivity (Wildman–Crippen MR) is 85.7 cm³/mol. The van der Waals surface area contributed by atoms with Crippen molar-refractivity contribution in [2.75, 3.05) is 24.7 Å². The Kier molecular flexibility index (Phi) is 3.97. The van der Waals surface area contributed by atoms with Gasteiger partial charge in [-0.25, -0.2) is 4.98 Å². The van der Waals surface area contributed by atoms with Crippen molar-refractivity contribution in [2.24, 2.45) is 0 Å². The summed E-state index contributed by atoms with van der Waals surface area (Å²) < 4.78 is 5.57. The first-order valence-corrected chi connectivity index (χ1v) is 7.95. The molecule has 0 spiro atoms. The minimum Gasteiger partial charge on any atom is -0.391 e. The maximum atomic E-state index is 9.65. The molecule has 0 saturated carbocycles. The Morgan fingerprint density at radius 1 is 1.33 bits per heavy atom. The molecule has 0 bridgehead atoms. The first-order valence-electron chi connectivity index (χ1n) is 7.13. The smallest absolute Gasteiger partial charge is 0.186 e. The molecule has 3 rings (SSSR count). The quantitative estimate of drug-likeness (QED) is 0.947. The van der Waals surface area contributed by atoms with Crippen molar-refractivity contribution in [3.8, 4) is 11.3 Å². The van der Waals surface area contributed by atoms with Crippen molar-refractivity contribution in [1.29, 1.82) is 0 Å². The molecule has 0 amide bonds. The Morgan fingerprint density at radius 2 is 2.10 bits per heavy atom. The third-order valence-corrected chi connectivity index (χ3v) is 4.82. The fourth-order valence-electron chi connectivity index (χ4n) is 2.60. The molecule has 0 radical (unpaired) electrons. The molecule has 2 heterocycles. The lowest BCUT2D eigenvalue weighted by Gasteiger charge is -2.42. The molecule has 1 aromatic heterocycles. The zero-order valence-corrected chi connectivity index (χ0v) is 13.2. The number of rotatable bonds is 3. The summed E-state index contributed by atoms with van der Waals surface area (Å²) in [5.41, 5.74) is 1.87. The summed E-state index contributed by atoms with van der Waals surface area (Å²) in [6.07, 6.45) is 0. The molecular formula is C16H20N2O2S. The molecule has 1 fully saturated rings. The van der Waals surface area contributed by atoms with Crippen LogP contribution in [0.15, 0.2) is 30.3 Å². The van der Waals surface area contributed by atoms with E-state index in [1.807, 2.05) is 30.3 Å². The van der Waals surface area contributed by atoms with Gasteiger partial charge in [0.25, 0.3) is 0 Å². The van der Waals surface area contributed by atoms with Gasteiger partial charge in [0.2, 0.25) is 0 Å². The van der Waals surface area contributed by atoms with E-state index in [2.05, 4.69) is 18.7 Å². The number of nitrogens with zero attached hydrogens (tertiary/aromatic N) is 2. The molecule has 0 aliphatic carbocycles. The van der Waals surface area contributed by atoms with Crippen LogP contribution < -0.4 is 4.90 Å². The Morgan fingerprint density at radius 3 is 2.76 bits per heavy atom. The van der Waals surface area contributed by atoms with E-state index in [1.165, 1.54) is 0 Å². The number of hydrogen-bond donors (Lipinski definition) is 1. The van der Waals surface area contributed by atoms with E-state index in [0.29, 0.717) is 6.61 Å². The van der Waals surface area contributed by atoms with E-state index in [-0.39, 0.29) is 12.1 Å². The summed E-state index contributed by atoms with van der Waals surface area (Å²) >= 11 is 1.57. The number of aliphatic hydroxyl groups is 1. The zero-order valence-electron chi connectivity index (χ0n) is 12.4. The van der Waals surface area contributed by atoms with E-state index in [0.717, 1.165) is 34.4 Å². The van der Waals surface area contributed by atoms with Gasteiger partial charge in [-0.1, -0.05) is 41.7 Å². The maximum Gasteiger partial charge on any atom is 0.186 e. The SMILES string of the molecule is CC1(C)COCCN1c1nc(-c2ccccc2)c(CO)s1. The summed E-state index contributed by atoms with van der Waals surface area (Å²) in [5.74, 6) is 0. The maximum absolute atomic E-state index is 9.65. The zero-order chi connectivity index (χ0) is 14.9. The van der Waals surface area contributed by atoms with Gasteiger partial charge >= 0.3 is 0 Å². The molecule has 1 aromatic carbocycles. The first kappa shape index (κ1) is 14.5. The third kappa shape index (κ3) is 2.81. The highest BCUT2D eigenvalue weighted by molar-refractivity contribution is 7.16. The van der Waals surface area contributed by atoms with Crippen molar-refractivity contribution in [3.05, 3.63) is 35.2 Å². The van der Waals surface area contributed by atoms with Crippen molar-refractivity contribution >= 4 is 16.5 Å². The number of morpholine rings is 1. The van der Waals surface area contributed by atoms with Crippen LogP contribution in [0.4, 0.5) is 5.13 Å². The summed E-state index contributed by atoms with van der Waals surface area (Å²) in [4.78, 5) is 8.00. The Bertz CT molecular complexity index is 610. The first-order chi connectivity index (χ1) is 10.1. The van der Waals surface area contributed by atoms with Crippen LogP contribution in [0.5, 0.6) is 0 Å². The molecule has 2 aromatic rings. The summed E-state index contributed by atoms with van der Waals surface area (Å²) in [7, 11) is 0. The van der Waals surface area contributed by atoms with Gasteiger partial charge in [-0.2, -0.15) is 0 Å². The number of anilines is 1. The van der Waals surface area contributed by atoms with E-state index in [9.17, 15) is 5.11 Å². The van der Waals surface area contributed by atoms with E-state index in [1.54, 1.807) is 11.3 Å². The van der Waals surface area contributed by atoms with Gasteiger partial charge in [0, 0.05) is 12.1 Å². The Balaban J connectivity index is 2.00. The lowest BCUT2D eigenvalue weighted by atomic mass is 10.0. The van der Waals surface area contributed by atoms with Crippen molar-refractivity contribution in [2.45, 2.75) is 26.0 Å². The van der Waals surface area contributed by atoms with Crippen molar-refractivity contribution in [3.63, 3.8) is 0 Å². The number of ether oxygens (including phenoxy) is 1. The highest BCUT2D eigenvalue weighted by atomic mass is 32.1. The van der Waals surface area contributed by atoms with Gasteiger partial charge in [-0.3, -0.25) is 0 Å². The highest BCUT2D eigenvalue weighted by Crippen LogP contribution is 2.36. The minimum absolute atomic E-state index is 0.0205. The molecule has 21 heavy (non-hydrogen) atoms. The summed E-state index contributed by atoms with van der Waals surface area (Å²) in [6, 6.07) is 10.0. The monoisotopic (exact) mass is 304 g/mol. The van der Waals surface area contributed by atoms with Crippen LogP contribution in [-0.4, -0.2) is 35.4 Å². The predicted octanol–water partition coefficient (Wildman–Crippen LogP) is 2.92. The second-order valence-electron chi connectivity index (χ2n) is 5.81. The number of aromatic nitrogens is 1. The second kappa shape index (κ2) is 5.75. The number of hydrogen-bond acceptors (Lipinski definition) is 5. The van der Waals surface area contributed by atoms with Crippen molar-refractivity contribution in [1.82, 2.24) is 4.98 Å². The van der Waals surface area contributed by atoms with Gasteiger partial charge < -0.3 is 14.7 Å². The Labute approximate surface area is 129 Å². The largest absolute Gasteiger partial charge is 0.391 e. The molecule has 0 atom stereocenters. The van der Waals surface area contributed by atoms with Gasteiger partial charge in [0.05, 0.1) is 35.9 Å². The second-order valence-corrected chi connectivity index (χ2v) is 6.87. The minimum atomic E-state index is -0.0726. The van der Waals surface area contributed by atoms with E-state index in [4.69, 9.17) is 9.72 Å². The van der Waals surface area contributed by atoms with Gasteiger partial charge in [-0.05, 0) is 13.8 Å². The summed E-state index contributed by atoms with van der Waals surface area (Å²) in [5, 5.41) is 10.6. The fourth-order valence-corrected chi connectivity index (χ4v) is 3.73. The molecule has 5 heteroatoms. The number of benzene rings is 1. The van der Waals surface area contributed by atoms with Gasteiger partial charge in [0.15, 0.2) is 5.13 Å². The van der Waals surface area contributed by atoms with Gasteiger partial charge in [0.1, 0.15) is 0 Å². The average molecular weight is 304 g/mol. The highest BCUT2D eigenvalue weighted by Gasteiger charge is 2.33. The van der Waals surface area contributed by atoms with Crippen LogP contribution in [0.3, 0.4) is 0 Å².